The molecule has 0 radical (unpaired) electrons. The van der Waals surface area contributed by atoms with Crippen LogP contribution in [-0.2, 0) is 10.0 Å². The highest BCUT2D eigenvalue weighted by Gasteiger charge is 2.28. The molecule has 1 atom stereocenters. The maximum Gasteiger partial charge on any atom is 0.236 e. The Morgan fingerprint density at radius 1 is 1.44 bits per heavy atom. The van der Waals surface area contributed by atoms with E-state index in [4.69, 9.17) is 0 Å². The quantitative estimate of drug-likeness (QED) is 0.919. The molecule has 18 heavy (non-hydrogen) atoms. The molecule has 0 amide bonds. The molecule has 4 nitrogen and oxygen atoms in total. The third kappa shape index (κ3) is 3.41. The fourth-order valence-electron chi connectivity index (χ4n) is 1.80. The second-order valence-corrected chi connectivity index (χ2v) is 6.94. The molecule has 1 aliphatic rings. The van der Waals surface area contributed by atoms with Crippen LogP contribution in [-0.4, -0.2) is 37.0 Å². The number of rotatable bonds is 3. The number of hydrogen-bond donors (Lipinski definition) is 1. The van der Waals surface area contributed by atoms with Gasteiger partial charge in [-0.1, -0.05) is 28.1 Å². The van der Waals surface area contributed by atoms with Gasteiger partial charge >= 0.3 is 0 Å². The summed E-state index contributed by atoms with van der Waals surface area (Å²) < 4.78 is 26.1. The fourth-order valence-corrected chi connectivity index (χ4v) is 3.46. The van der Waals surface area contributed by atoms with Crippen molar-refractivity contribution in [3.05, 3.63) is 39.7 Å². The number of nitrogens with zero attached hydrogens (tertiary/aromatic N) is 1. The molecule has 0 spiro atoms. The van der Waals surface area contributed by atoms with Crippen molar-refractivity contribution in [3.8, 4) is 0 Å². The molecule has 1 N–H and O–H groups in total. The van der Waals surface area contributed by atoms with Crippen LogP contribution in [0.25, 0.3) is 6.08 Å². The minimum atomic E-state index is -3.43. The zero-order chi connectivity index (χ0) is 13.2. The monoisotopic (exact) mass is 331 g/mol. The highest BCUT2D eigenvalue weighted by molar-refractivity contribution is 9.10. The van der Waals surface area contributed by atoms with Crippen LogP contribution in [0.2, 0.25) is 0 Å². The van der Waals surface area contributed by atoms with Crippen molar-refractivity contribution in [1.29, 1.82) is 0 Å². The molecule has 1 saturated heterocycles. The molecule has 6 heteroatoms. The lowest BCUT2D eigenvalue weighted by Crippen LogP contribution is -2.27. The van der Waals surface area contributed by atoms with Crippen molar-refractivity contribution in [2.24, 2.45) is 0 Å². The predicted molar refractivity (Wildman–Crippen MR) is 74.3 cm³/mol. The van der Waals surface area contributed by atoms with E-state index in [1.165, 1.54) is 9.71 Å². The zero-order valence-corrected chi connectivity index (χ0v) is 12.1. The highest BCUT2D eigenvalue weighted by atomic mass is 79.9. The standard InChI is InChI=1S/C12H14BrNO3S/c13-11-3-1-2-10(8-11)5-7-18(16,17)14-6-4-12(15)9-14/h1-3,5,7-8,12,15H,4,6,9H2/b7-5+/t12-/m0/s1. The van der Waals surface area contributed by atoms with Gasteiger partial charge < -0.3 is 5.11 Å². The summed E-state index contributed by atoms with van der Waals surface area (Å²) >= 11 is 3.33. The molecule has 2 rings (SSSR count). The van der Waals surface area contributed by atoms with Gasteiger partial charge in [-0.3, -0.25) is 0 Å². The fraction of sp³-hybridized carbons (Fsp3) is 0.333. The summed E-state index contributed by atoms with van der Waals surface area (Å²) in [6.45, 7) is 0.567. The lowest BCUT2D eigenvalue weighted by Gasteiger charge is -2.11. The number of sulfonamides is 1. The van der Waals surface area contributed by atoms with Crippen LogP contribution in [0, 0.1) is 0 Å². The van der Waals surface area contributed by atoms with Crippen molar-refractivity contribution in [2.75, 3.05) is 13.1 Å². The number of hydrogen-bond acceptors (Lipinski definition) is 3. The average molecular weight is 332 g/mol. The van der Waals surface area contributed by atoms with E-state index < -0.39 is 16.1 Å². The maximum absolute atomic E-state index is 12.0. The highest BCUT2D eigenvalue weighted by Crippen LogP contribution is 2.17. The second kappa shape index (κ2) is 5.52. The Balaban J connectivity index is 2.13. The largest absolute Gasteiger partial charge is 0.392 e. The minimum Gasteiger partial charge on any atom is -0.392 e. The van der Waals surface area contributed by atoms with E-state index in [2.05, 4.69) is 15.9 Å². The molecule has 0 unspecified atom stereocenters. The molecular formula is C12H14BrNO3S. The van der Waals surface area contributed by atoms with Crippen molar-refractivity contribution >= 4 is 32.0 Å². The molecule has 0 bridgehead atoms. The maximum atomic E-state index is 12.0. The van der Waals surface area contributed by atoms with Gasteiger partial charge in [-0.15, -0.1) is 0 Å². The van der Waals surface area contributed by atoms with Gasteiger partial charge in [0, 0.05) is 23.0 Å². The molecule has 0 aromatic heterocycles. The molecule has 1 aromatic rings. The third-order valence-corrected chi connectivity index (χ3v) is 4.79. The summed E-state index contributed by atoms with van der Waals surface area (Å²) in [5.41, 5.74) is 0.813. The second-order valence-electron chi connectivity index (χ2n) is 4.20. The number of benzene rings is 1. The number of halogens is 1. The Labute approximate surface area is 115 Å². The van der Waals surface area contributed by atoms with Gasteiger partial charge in [0.05, 0.1) is 6.10 Å². The van der Waals surface area contributed by atoms with Crippen molar-refractivity contribution in [2.45, 2.75) is 12.5 Å². The summed E-state index contributed by atoms with van der Waals surface area (Å²) in [6.07, 6.45) is 1.52. The molecule has 0 saturated carbocycles. The van der Waals surface area contributed by atoms with E-state index in [0.29, 0.717) is 13.0 Å². The van der Waals surface area contributed by atoms with E-state index >= 15 is 0 Å². The Morgan fingerprint density at radius 2 is 2.22 bits per heavy atom. The molecule has 1 fully saturated rings. The van der Waals surface area contributed by atoms with Gasteiger partial charge in [0.15, 0.2) is 0 Å². The minimum absolute atomic E-state index is 0.186. The third-order valence-electron chi connectivity index (χ3n) is 2.77. The van der Waals surface area contributed by atoms with Crippen molar-refractivity contribution in [3.63, 3.8) is 0 Å². The van der Waals surface area contributed by atoms with Gasteiger partial charge in [-0.05, 0) is 30.2 Å². The van der Waals surface area contributed by atoms with Gasteiger partial charge in [0.2, 0.25) is 10.0 Å². The average Bonchev–Trinajstić information content (AvgIpc) is 2.74. The molecular weight excluding hydrogens is 318 g/mol. The molecule has 0 aliphatic carbocycles. The molecule has 98 valence electrons. The van der Waals surface area contributed by atoms with Crippen LogP contribution < -0.4 is 0 Å². The predicted octanol–water partition coefficient (Wildman–Crippen LogP) is 1.82. The summed E-state index contributed by atoms with van der Waals surface area (Å²) in [6, 6.07) is 7.39. The lowest BCUT2D eigenvalue weighted by atomic mass is 10.2. The topological polar surface area (TPSA) is 57.6 Å². The summed E-state index contributed by atoms with van der Waals surface area (Å²) in [5, 5.41) is 10.5. The van der Waals surface area contributed by atoms with Gasteiger partial charge in [-0.2, -0.15) is 4.31 Å². The zero-order valence-electron chi connectivity index (χ0n) is 9.66. The first-order valence-electron chi connectivity index (χ1n) is 5.59. The molecule has 1 aromatic carbocycles. The number of aliphatic hydroxyl groups excluding tert-OH is 1. The van der Waals surface area contributed by atoms with E-state index in [-0.39, 0.29) is 6.54 Å². The summed E-state index contributed by atoms with van der Waals surface area (Å²) in [5.74, 6) is 0. The van der Waals surface area contributed by atoms with Crippen LogP contribution in [0.1, 0.15) is 12.0 Å². The Morgan fingerprint density at radius 3 is 2.83 bits per heavy atom. The van der Waals surface area contributed by atoms with Crippen LogP contribution >= 0.6 is 15.9 Å². The number of aliphatic hydroxyl groups is 1. The molecule has 1 heterocycles. The first-order valence-corrected chi connectivity index (χ1v) is 7.89. The SMILES string of the molecule is O=S(=O)(/C=C/c1cccc(Br)c1)N1CC[C@H](O)C1. The van der Waals surface area contributed by atoms with Gasteiger partial charge in [0.25, 0.3) is 0 Å². The van der Waals surface area contributed by atoms with E-state index in [0.717, 1.165) is 10.0 Å². The van der Waals surface area contributed by atoms with Crippen LogP contribution in [0.3, 0.4) is 0 Å². The van der Waals surface area contributed by atoms with Gasteiger partial charge in [0.1, 0.15) is 0 Å². The van der Waals surface area contributed by atoms with Crippen LogP contribution in [0.15, 0.2) is 34.1 Å². The first kappa shape index (κ1) is 13.7. The van der Waals surface area contributed by atoms with Crippen molar-refractivity contribution < 1.29 is 13.5 Å². The van der Waals surface area contributed by atoms with E-state index in [1.54, 1.807) is 6.08 Å². The summed E-state index contributed by atoms with van der Waals surface area (Å²) in [7, 11) is -3.43. The first-order chi connectivity index (χ1) is 8.47. The Bertz CT molecular complexity index is 556. The Hall–Kier alpha value is -0.690. The van der Waals surface area contributed by atoms with Crippen molar-refractivity contribution in [1.82, 2.24) is 4.31 Å². The summed E-state index contributed by atoms with van der Waals surface area (Å²) in [4.78, 5) is 0. The number of β-amino-alcohol motifs (C(OH)–C–C–N with tert-alkyl or cyclic N) is 1. The van der Waals surface area contributed by atoms with E-state index in [1.807, 2.05) is 24.3 Å². The molecule has 1 aliphatic heterocycles. The van der Waals surface area contributed by atoms with Crippen LogP contribution in [0.4, 0.5) is 0 Å². The van der Waals surface area contributed by atoms with E-state index in [9.17, 15) is 13.5 Å². The smallest absolute Gasteiger partial charge is 0.236 e. The van der Waals surface area contributed by atoms with Crippen LogP contribution in [0.5, 0.6) is 0 Å². The normalized spacial score (nSPS) is 21.8. The lowest BCUT2D eigenvalue weighted by molar-refractivity contribution is 0.189. The van der Waals surface area contributed by atoms with Gasteiger partial charge in [-0.25, -0.2) is 8.42 Å². The Kier molecular flexibility index (Phi) is 4.21.